The third-order valence-corrected chi connectivity index (χ3v) is 0. The molecular weight excluding hydrogens is 140 g/mol. The molecule has 0 aliphatic heterocycles. The average molecular weight is 155 g/mol. The van der Waals surface area contributed by atoms with Crippen LogP contribution in [0, 0.1) is 0 Å². The third-order valence-electron chi connectivity index (χ3n) is 0. The molecule has 0 fully saturated rings. The summed E-state index contributed by atoms with van der Waals surface area (Å²) < 4.78 is 0. The van der Waals surface area contributed by atoms with E-state index in [4.69, 9.17) is 16.7 Å². The Morgan fingerprint density at radius 1 is 1.44 bits per heavy atom. The molecule has 0 rings (SSSR count). The maximum atomic E-state index is 9.44. The molecule has 0 aromatic rings. The normalized spacial score (nSPS) is 5.56. The number of carbonyl (C=O) groups is 1. The zero-order chi connectivity index (χ0) is 8.28. The van der Waals surface area contributed by atoms with Gasteiger partial charge in [0.25, 0.3) is 0 Å². The molecule has 0 atom stereocenters. The molecule has 0 unspecified atom stereocenters. The highest BCUT2D eigenvalue weighted by molar-refractivity contribution is 6.17. The van der Waals surface area contributed by atoms with Crippen LogP contribution in [0.2, 0.25) is 0 Å². The maximum Gasteiger partial charge on any atom is 0.126 e. The van der Waals surface area contributed by atoms with Crippen LogP contribution in [-0.4, -0.2) is 23.9 Å². The summed E-state index contributed by atoms with van der Waals surface area (Å²) >= 11 is 5.00. The minimum Gasteiger partial charge on any atom is -0.400 e. The number of hydrogen-bond acceptors (Lipinski definition) is 2. The second-order valence-electron chi connectivity index (χ2n) is 1.18. The number of halogens is 1. The van der Waals surface area contributed by atoms with Gasteiger partial charge in [-0.1, -0.05) is 6.92 Å². The van der Waals surface area contributed by atoms with Crippen LogP contribution in [-0.2, 0) is 4.79 Å². The minimum atomic E-state index is 0.167. The number of aliphatic hydroxyl groups is 1. The van der Waals surface area contributed by atoms with E-state index in [1.807, 2.05) is 6.92 Å². The highest BCUT2D eigenvalue weighted by Gasteiger charge is 1.62. The first-order valence-electron chi connectivity index (χ1n) is 2.63. The van der Waals surface area contributed by atoms with E-state index in [0.29, 0.717) is 0 Å². The summed E-state index contributed by atoms with van der Waals surface area (Å²) in [5.41, 5.74) is 0. The van der Waals surface area contributed by atoms with Crippen molar-refractivity contribution in [3.63, 3.8) is 0 Å². The number of carbonyl (C=O) groups excluding carboxylic acids is 1. The smallest absolute Gasteiger partial charge is 0.126 e. The van der Waals surface area contributed by atoms with Gasteiger partial charge in [0.05, 0.1) is 0 Å². The molecule has 0 spiro atoms. The van der Waals surface area contributed by atoms with Crippen LogP contribution in [0.15, 0.2) is 0 Å². The molecule has 9 heavy (non-hydrogen) atoms. The fraction of sp³-hybridized carbons (Fsp3) is 0.833. The zero-order valence-electron chi connectivity index (χ0n) is 6.44. The van der Waals surface area contributed by atoms with Gasteiger partial charge in [0.2, 0.25) is 0 Å². The molecule has 2 nitrogen and oxygen atoms in total. The van der Waals surface area contributed by atoms with Crippen molar-refractivity contribution in [3.8, 4) is 0 Å². The van der Waals surface area contributed by atoms with E-state index in [1.54, 1.807) is 0 Å². The average Bonchev–Trinajstić information content (AvgIpc) is 1.71. The van der Waals surface area contributed by atoms with Gasteiger partial charge in [-0.2, -0.15) is 0 Å². The Bertz CT molecular complexity index is 42.3. The number of alkyl halides is 1. The molecule has 0 radical (unpaired) electrons. The number of rotatable bonds is 0. The fourth-order valence-electron chi connectivity index (χ4n) is 0. The van der Waals surface area contributed by atoms with Crippen LogP contribution in [0.3, 0.4) is 0 Å². The summed E-state index contributed by atoms with van der Waals surface area (Å²) in [5, 5.41) is 7.00. The van der Waals surface area contributed by atoms with Gasteiger partial charge in [0.15, 0.2) is 0 Å². The van der Waals surface area contributed by atoms with Crippen molar-refractivity contribution in [1.29, 1.82) is 0 Å². The lowest BCUT2D eigenvalue weighted by Crippen LogP contribution is -1.69. The molecule has 0 aromatic carbocycles. The Balaban J connectivity index is -0.0000000646. The van der Waals surface area contributed by atoms with Gasteiger partial charge in [0, 0.05) is 13.0 Å². The molecule has 3 heteroatoms. The molecule has 0 aliphatic rings. The lowest BCUT2D eigenvalue weighted by atomic mass is 10.6. The van der Waals surface area contributed by atoms with E-state index in [0.717, 1.165) is 13.0 Å². The lowest BCUT2D eigenvalue weighted by Gasteiger charge is -1.56. The molecular formula is C6H15ClO2. The van der Waals surface area contributed by atoms with Gasteiger partial charge in [-0.25, -0.2) is 0 Å². The van der Waals surface area contributed by atoms with Gasteiger partial charge < -0.3 is 9.90 Å². The summed E-state index contributed by atoms with van der Waals surface area (Å²) in [6.07, 6.45) is 0. The minimum absolute atomic E-state index is 0.167. The molecule has 0 aromatic heterocycles. The Morgan fingerprint density at radius 2 is 1.44 bits per heavy atom. The van der Waals surface area contributed by atoms with E-state index >= 15 is 0 Å². The first-order chi connectivity index (χ1) is 4.15. The number of Topliss-reactive ketones (excluding diaryl/α,β-unsaturated/α-hetero) is 1. The van der Waals surface area contributed by atoms with Gasteiger partial charge in [-0.05, 0) is 13.8 Å². The number of ketones is 1. The van der Waals surface area contributed by atoms with E-state index in [1.165, 1.54) is 13.8 Å². The Hall–Kier alpha value is -0.0800. The first kappa shape index (κ1) is 16.0. The number of aliphatic hydroxyl groups excluding tert-OH is 1. The molecule has 58 valence electrons. The van der Waals surface area contributed by atoms with E-state index in [-0.39, 0.29) is 5.78 Å². The van der Waals surface area contributed by atoms with Gasteiger partial charge in [0.1, 0.15) is 5.78 Å². The summed E-state index contributed by atoms with van der Waals surface area (Å²) in [5.74, 6) is 0.889. The van der Waals surface area contributed by atoms with Crippen molar-refractivity contribution in [2.45, 2.75) is 20.8 Å². The fourth-order valence-corrected chi connectivity index (χ4v) is 0. The predicted octanol–water partition coefficient (Wildman–Crippen LogP) is 1.45. The summed E-state index contributed by atoms with van der Waals surface area (Å²) in [6, 6.07) is 0. The lowest BCUT2D eigenvalue weighted by molar-refractivity contribution is -0.114. The van der Waals surface area contributed by atoms with Crippen molar-refractivity contribution in [2.75, 3.05) is 13.0 Å². The van der Waals surface area contributed by atoms with Crippen molar-refractivity contribution >= 4 is 17.4 Å². The van der Waals surface area contributed by atoms with Crippen LogP contribution in [0.5, 0.6) is 0 Å². The maximum absolute atomic E-state index is 9.44. The van der Waals surface area contributed by atoms with Crippen LogP contribution in [0.25, 0.3) is 0 Å². The van der Waals surface area contributed by atoms with Crippen LogP contribution in [0.4, 0.5) is 0 Å². The van der Waals surface area contributed by atoms with Crippen LogP contribution >= 0.6 is 11.6 Å². The topological polar surface area (TPSA) is 37.3 Å². The molecule has 1 N–H and O–H groups in total. The van der Waals surface area contributed by atoms with Gasteiger partial charge >= 0.3 is 0 Å². The van der Waals surface area contributed by atoms with E-state index in [2.05, 4.69) is 0 Å². The summed E-state index contributed by atoms with van der Waals surface area (Å²) in [6.45, 7) is 4.95. The predicted molar refractivity (Wildman–Crippen MR) is 40.9 cm³/mol. The Morgan fingerprint density at radius 3 is 1.44 bits per heavy atom. The third kappa shape index (κ3) is 43400. The van der Waals surface area contributed by atoms with E-state index < -0.39 is 0 Å². The molecule has 0 aliphatic carbocycles. The molecule has 0 saturated heterocycles. The Kier molecular flexibility index (Phi) is 43.8. The van der Waals surface area contributed by atoms with Crippen LogP contribution in [0.1, 0.15) is 20.8 Å². The second kappa shape index (κ2) is 24.7. The van der Waals surface area contributed by atoms with Crippen molar-refractivity contribution in [3.05, 3.63) is 0 Å². The number of hydrogen-bond donors (Lipinski definition) is 1. The van der Waals surface area contributed by atoms with Gasteiger partial charge in [-0.15, -0.1) is 11.6 Å². The van der Waals surface area contributed by atoms with Crippen molar-refractivity contribution < 1.29 is 9.90 Å². The molecule has 0 bridgehead atoms. The molecule has 0 saturated carbocycles. The molecule has 0 heterocycles. The highest BCUT2D eigenvalue weighted by atomic mass is 35.5. The quantitative estimate of drug-likeness (QED) is 0.537. The van der Waals surface area contributed by atoms with Crippen molar-refractivity contribution in [2.24, 2.45) is 0 Å². The summed E-state index contributed by atoms with van der Waals surface area (Å²) in [4.78, 5) is 9.44. The highest BCUT2D eigenvalue weighted by Crippen LogP contribution is 1.59. The first-order valence-corrected chi connectivity index (χ1v) is 3.16. The second-order valence-corrected chi connectivity index (χ2v) is 1.71. The standard InChI is InChI=1S/C3H6O.C2H5Cl.CH4O/c1-3(2)4;1-2-3;1-2/h1-2H3;2H2,1H3;2H,1H3. The van der Waals surface area contributed by atoms with E-state index in [9.17, 15) is 4.79 Å². The zero-order valence-corrected chi connectivity index (χ0v) is 7.20. The molecule has 0 amide bonds. The van der Waals surface area contributed by atoms with Crippen LogP contribution < -0.4 is 0 Å². The summed E-state index contributed by atoms with van der Waals surface area (Å²) in [7, 11) is 1.00. The monoisotopic (exact) mass is 154 g/mol. The van der Waals surface area contributed by atoms with Crippen molar-refractivity contribution in [1.82, 2.24) is 0 Å². The Labute approximate surface area is 61.8 Å². The van der Waals surface area contributed by atoms with Gasteiger partial charge in [-0.3, -0.25) is 0 Å². The SMILES string of the molecule is CC(C)=O.CCCl.CO. The largest absolute Gasteiger partial charge is 0.400 e.